The van der Waals surface area contributed by atoms with E-state index >= 15 is 0 Å². The molecule has 0 radical (unpaired) electrons. The van der Waals surface area contributed by atoms with Crippen LogP contribution in [0, 0.1) is 5.92 Å². The highest BCUT2D eigenvalue weighted by molar-refractivity contribution is 5.74. The van der Waals surface area contributed by atoms with Crippen LogP contribution in [-0.4, -0.2) is 53.2 Å². The maximum atomic E-state index is 12.2. The predicted molar refractivity (Wildman–Crippen MR) is 89.4 cm³/mol. The number of urea groups is 1. The van der Waals surface area contributed by atoms with Crippen molar-refractivity contribution in [1.82, 2.24) is 15.5 Å². The fourth-order valence-corrected chi connectivity index (χ4v) is 3.99. The lowest BCUT2D eigenvalue weighted by Gasteiger charge is -2.42. The first-order valence-corrected chi connectivity index (χ1v) is 9.06. The van der Waals surface area contributed by atoms with Crippen molar-refractivity contribution in [2.45, 2.75) is 76.9 Å². The number of carboxylic acid groups (broad SMARTS) is 1. The summed E-state index contributed by atoms with van der Waals surface area (Å²) in [5.41, 5.74) is 0. The fourth-order valence-electron chi connectivity index (χ4n) is 3.99. The molecule has 0 heterocycles. The van der Waals surface area contributed by atoms with Crippen molar-refractivity contribution < 1.29 is 14.7 Å². The molecule has 1 atom stereocenters. The summed E-state index contributed by atoms with van der Waals surface area (Å²) in [5.74, 6) is -0.158. The third kappa shape index (κ3) is 5.09. The molecule has 2 aliphatic carbocycles. The third-order valence-electron chi connectivity index (χ3n) is 5.43. The number of likely N-dealkylation sites (N-methyl/N-ethyl adjacent to an activating group) is 1. The van der Waals surface area contributed by atoms with Crippen LogP contribution in [0.5, 0.6) is 0 Å². The van der Waals surface area contributed by atoms with Gasteiger partial charge >= 0.3 is 12.0 Å². The minimum absolute atomic E-state index is 0.0616. The molecule has 23 heavy (non-hydrogen) atoms. The van der Waals surface area contributed by atoms with Crippen LogP contribution in [0.3, 0.4) is 0 Å². The first-order chi connectivity index (χ1) is 11.0. The molecular formula is C17H31N3O3. The zero-order valence-corrected chi connectivity index (χ0v) is 14.4. The van der Waals surface area contributed by atoms with E-state index in [4.69, 9.17) is 5.11 Å². The highest BCUT2D eigenvalue weighted by Gasteiger charge is 2.35. The number of aliphatic carboxylic acids is 1. The van der Waals surface area contributed by atoms with Gasteiger partial charge in [-0.1, -0.05) is 26.7 Å². The van der Waals surface area contributed by atoms with E-state index in [0.29, 0.717) is 5.92 Å². The molecule has 6 heteroatoms. The van der Waals surface area contributed by atoms with Gasteiger partial charge in [0.1, 0.15) is 0 Å². The molecule has 132 valence electrons. The van der Waals surface area contributed by atoms with Crippen molar-refractivity contribution in [1.29, 1.82) is 0 Å². The van der Waals surface area contributed by atoms with Crippen molar-refractivity contribution in [3.05, 3.63) is 0 Å². The smallest absolute Gasteiger partial charge is 0.317 e. The zero-order chi connectivity index (χ0) is 16.8. The van der Waals surface area contributed by atoms with Crippen LogP contribution in [0.25, 0.3) is 0 Å². The van der Waals surface area contributed by atoms with Crippen molar-refractivity contribution in [2.24, 2.45) is 5.92 Å². The normalized spacial score (nSPS) is 25.9. The minimum atomic E-state index is -0.789. The lowest BCUT2D eigenvalue weighted by molar-refractivity contribution is -0.139. The van der Waals surface area contributed by atoms with Crippen LogP contribution in [0.4, 0.5) is 4.79 Å². The minimum Gasteiger partial charge on any atom is -0.480 e. The molecule has 0 aromatic heterocycles. The van der Waals surface area contributed by atoms with E-state index in [1.165, 1.54) is 25.7 Å². The van der Waals surface area contributed by atoms with E-state index in [-0.39, 0.29) is 30.7 Å². The van der Waals surface area contributed by atoms with E-state index in [1.54, 1.807) is 0 Å². The number of carbonyl (C=O) groups is 2. The Morgan fingerprint density at radius 1 is 1.22 bits per heavy atom. The lowest BCUT2D eigenvalue weighted by atomic mass is 9.85. The van der Waals surface area contributed by atoms with Crippen molar-refractivity contribution in [3.63, 3.8) is 0 Å². The molecule has 6 nitrogen and oxygen atoms in total. The average Bonchev–Trinajstić information content (AvgIpc) is 2.99. The Kier molecular flexibility index (Phi) is 6.69. The quantitative estimate of drug-likeness (QED) is 0.639. The van der Waals surface area contributed by atoms with Gasteiger partial charge < -0.3 is 15.7 Å². The number of carbonyl (C=O) groups excluding carboxylic acids is 1. The topological polar surface area (TPSA) is 81.7 Å². The number of amides is 2. The van der Waals surface area contributed by atoms with Gasteiger partial charge in [-0.3, -0.25) is 9.69 Å². The Hall–Kier alpha value is -1.30. The molecule has 2 aliphatic rings. The van der Waals surface area contributed by atoms with Crippen molar-refractivity contribution >= 4 is 12.0 Å². The maximum Gasteiger partial charge on any atom is 0.317 e. The molecule has 2 amide bonds. The predicted octanol–water partition coefficient (Wildman–Crippen LogP) is 2.19. The lowest BCUT2D eigenvalue weighted by Crippen LogP contribution is -2.57. The first-order valence-electron chi connectivity index (χ1n) is 9.06. The van der Waals surface area contributed by atoms with E-state index < -0.39 is 5.97 Å². The summed E-state index contributed by atoms with van der Waals surface area (Å²) in [7, 11) is 0. The van der Waals surface area contributed by atoms with Crippen LogP contribution in [0.1, 0.15) is 58.8 Å². The fraction of sp³-hybridized carbons (Fsp3) is 0.882. The molecule has 0 aromatic rings. The summed E-state index contributed by atoms with van der Waals surface area (Å²) in [5, 5.41) is 15.1. The van der Waals surface area contributed by atoms with E-state index in [2.05, 4.69) is 17.6 Å². The Bertz CT molecular complexity index is 404. The van der Waals surface area contributed by atoms with E-state index in [9.17, 15) is 9.59 Å². The summed E-state index contributed by atoms with van der Waals surface area (Å²) >= 11 is 0. The molecular weight excluding hydrogens is 294 g/mol. The van der Waals surface area contributed by atoms with Gasteiger partial charge in [0, 0.05) is 18.1 Å². The largest absolute Gasteiger partial charge is 0.480 e. The SMILES string of the molecule is CCC(NC(=O)NC1CC(N(CC)CC(=O)O)C1)C1CCCC1. The molecule has 3 N–H and O–H groups in total. The zero-order valence-electron chi connectivity index (χ0n) is 14.4. The van der Waals surface area contributed by atoms with Crippen LogP contribution < -0.4 is 10.6 Å². The second-order valence-electron chi connectivity index (χ2n) is 6.96. The molecule has 0 aliphatic heterocycles. The van der Waals surface area contributed by atoms with Crippen LogP contribution in [0.15, 0.2) is 0 Å². The summed E-state index contributed by atoms with van der Waals surface area (Å²) in [6, 6.07) is 0.670. The Balaban J connectivity index is 1.69. The molecule has 2 saturated carbocycles. The standard InChI is InChI=1S/C17H31N3O3/c1-3-15(12-7-5-6-8-12)19-17(23)18-13-9-14(10-13)20(4-2)11-16(21)22/h12-15H,3-11H2,1-2H3,(H,21,22)(H2,18,19,23). The number of rotatable bonds is 8. The Morgan fingerprint density at radius 2 is 1.87 bits per heavy atom. The van der Waals surface area contributed by atoms with Crippen LogP contribution in [-0.2, 0) is 4.79 Å². The van der Waals surface area contributed by atoms with Gasteiger partial charge in [0.15, 0.2) is 0 Å². The summed E-state index contributed by atoms with van der Waals surface area (Å²) in [6.07, 6.45) is 7.68. The van der Waals surface area contributed by atoms with Gasteiger partial charge in [0.25, 0.3) is 0 Å². The first kappa shape index (κ1) is 18.0. The molecule has 0 spiro atoms. The summed E-state index contributed by atoms with van der Waals surface area (Å²) in [4.78, 5) is 25.0. The number of nitrogens with zero attached hydrogens (tertiary/aromatic N) is 1. The molecule has 2 rings (SSSR count). The summed E-state index contributed by atoms with van der Waals surface area (Å²) in [6.45, 7) is 4.92. The molecule has 1 unspecified atom stereocenters. The Morgan fingerprint density at radius 3 is 2.39 bits per heavy atom. The highest BCUT2D eigenvalue weighted by Crippen LogP contribution is 2.29. The molecule has 0 saturated heterocycles. The second kappa shape index (κ2) is 8.52. The van der Waals surface area contributed by atoms with Gasteiger partial charge in [-0.2, -0.15) is 0 Å². The highest BCUT2D eigenvalue weighted by atomic mass is 16.4. The van der Waals surface area contributed by atoms with Gasteiger partial charge in [-0.05, 0) is 44.6 Å². The molecule has 0 aromatic carbocycles. The van der Waals surface area contributed by atoms with Crippen molar-refractivity contribution in [2.75, 3.05) is 13.1 Å². The number of carboxylic acids is 1. The third-order valence-corrected chi connectivity index (χ3v) is 5.43. The van der Waals surface area contributed by atoms with Crippen LogP contribution >= 0.6 is 0 Å². The monoisotopic (exact) mass is 325 g/mol. The van der Waals surface area contributed by atoms with Crippen LogP contribution in [0.2, 0.25) is 0 Å². The summed E-state index contributed by atoms with van der Waals surface area (Å²) < 4.78 is 0. The van der Waals surface area contributed by atoms with Gasteiger partial charge in [0.05, 0.1) is 6.54 Å². The van der Waals surface area contributed by atoms with Gasteiger partial charge in [-0.15, -0.1) is 0 Å². The van der Waals surface area contributed by atoms with Crippen molar-refractivity contribution in [3.8, 4) is 0 Å². The maximum absolute atomic E-state index is 12.2. The molecule has 2 fully saturated rings. The number of hydrogen-bond acceptors (Lipinski definition) is 3. The van der Waals surface area contributed by atoms with E-state index in [0.717, 1.165) is 25.8 Å². The average molecular weight is 325 g/mol. The Labute approximate surface area is 139 Å². The number of nitrogens with one attached hydrogen (secondary N) is 2. The second-order valence-corrected chi connectivity index (χ2v) is 6.96. The van der Waals surface area contributed by atoms with Gasteiger partial charge in [-0.25, -0.2) is 4.79 Å². The van der Waals surface area contributed by atoms with Gasteiger partial charge in [0.2, 0.25) is 0 Å². The molecule has 0 bridgehead atoms. The number of hydrogen-bond donors (Lipinski definition) is 3. The van der Waals surface area contributed by atoms with E-state index in [1.807, 2.05) is 11.8 Å².